The summed E-state index contributed by atoms with van der Waals surface area (Å²) < 4.78 is 5.77. The minimum atomic E-state index is 0.0553. The molecule has 0 heterocycles. The van der Waals surface area contributed by atoms with Gasteiger partial charge in [-0.3, -0.25) is 4.79 Å². The zero-order chi connectivity index (χ0) is 13.7. The molecule has 0 bridgehead atoms. The number of benzene rings is 1. The molecule has 0 N–H and O–H groups in total. The Kier molecular flexibility index (Phi) is 4.97. The van der Waals surface area contributed by atoms with E-state index >= 15 is 0 Å². The fraction of sp³-hybridized carbons (Fsp3) is 0.562. The number of likely N-dealkylation sites (N-methyl/N-ethyl adjacent to an activating group) is 1. The highest BCUT2D eigenvalue weighted by atomic mass is 16.5. The van der Waals surface area contributed by atoms with Crippen LogP contribution in [0.2, 0.25) is 0 Å². The summed E-state index contributed by atoms with van der Waals surface area (Å²) in [7, 11) is 2.16. The van der Waals surface area contributed by atoms with Gasteiger partial charge in [-0.2, -0.15) is 0 Å². The van der Waals surface area contributed by atoms with Gasteiger partial charge in [-0.05, 0) is 38.9 Å². The highest BCUT2D eigenvalue weighted by Crippen LogP contribution is 2.22. The lowest BCUT2D eigenvalue weighted by molar-refractivity contribution is 0.101. The molecule has 2 rings (SSSR count). The van der Waals surface area contributed by atoms with E-state index in [-0.39, 0.29) is 5.78 Å². The molecule has 1 aliphatic rings. The normalized spacial score (nSPS) is 15.9. The van der Waals surface area contributed by atoms with Gasteiger partial charge in [0.05, 0.1) is 5.56 Å². The molecular weight excluding hydrogens is 238 g/mol. The summed E-state index contributed by atoms with van der Waals surface area (Å²) in [6.45, 7) is 3.13. The fourth-order valence-electron chi connectivity index (χ4n) is 2.71. The Labute approximate surface area is 115 Å². The highest BCUT2D eigenvalue weighted by molar-refractivity contribution is 5.96. The standard InChI is InChI=1S/C16H23NO2/c1-13(18)15-9-5-6-10-16(15)19-12-11-17(2)14-7-3-4-8-14/h5-6,9-10,14H,3-4,7-8,11-12H2,1-2H3. The third kappa shape index (κ3) is 3.80. The number of Topliss-reactive ketones (excluding diaryl/α,β-unsaturated/α-hetero) is 1. The van der Waals surface area contributed by atoms with Crippen LogP contribution in [-0.2, 0) is 0 Å². The molecule has 1 aliphatic carbocycles. The summed E-state index contributed by atoms with van der Waals surface area (Å²) in [6.07, 6.45) is 5.31. The molecule has 3 heteroatoms. The summed E-state index contributed by atoms with van der Waals surface area (Å²) in [6, 6.07) is 8.17. The van der Waals surface area contributed by atoms with Crippen molar-refractivity contribution in [1.29, 1.82) is 0 Å². The molecular formula is C16H23NO2. The number of para-hydroxylation sites is 1. The van der Waals surface area contributed by atoms with Crippen molar-refractivity contribution in [3.63, 3.8) is 0 Å². The van der Waals surface area contributed by atoms with Crippen molar-refractivity contribution >= 4 is 5.78 Å². The summed E-state index contributed by atoms with van der Waals surface area (Å²) in [4.78, 5) is 13.9. The smallest absolute Gasteiger partial charge is 0.163 e. The van der Waals surface area contributed by atoms with Crippen LogP contribution in [0.5, 0.6) is 5.75 Å². The maximum Gasteiger partial charge on any atom is 0.163 e. The van der Waals surface area contributed by atoms with Crippen LogP contribution in [0.15, 0.2) is 24.3 Å². The molecule has 0 amide bonds. The van der Waals surface area contributed by atoms with Crippen LogP contribution in [0.25, 0.3) is 0 Å². The van der Waals surface area contributed by atoms with Crippen molar-refractivity contribution in [2.75, 3.05) is 20.2 Å². The third-order valence-electron chi connectivity index (χ3n) is 3.92. The van der Waals surface area contributed by atoms with E-state index in [1.165, 1.54) is 25.7 Å². The molecule has 0 aromatic heterocycles. The van der Waals surface area contributed by atoms with Gasteiger partial charge in [0.2, 0.25) is 0 Å². The van der Waals surface area contributed by atoms with E-state index in [4.69, 9.17) is 4.74 Å². The van der Waals surface area contributed by atoms with Crippen molar-refractivity contribution in [2.24, 2.45) is 0 Å². The van der Waals surface area contributed by atoms with Gasteiger partial charge < -0.3 is 9.64 Å². The van der Waals surface area contributed by atoms with Crippen molar-refractivity contribution in [3.8, 4) is 5.75 Å². The van der Waals surface area contributed by atoms with E-state index in [1.54, 1.807) is 6.92 Å². The number of carbonyl (C=O) groups excluding carboxylic acids is 1. The van der Waals surface area contributed by atoms with Gasteiger partial charge >= 0.3 is 0 Å². The molecule has 0 saturated heterocycles. The van der Waals surface area contributed by atoms with Crippen molar-refractivity contribution in [3.05, 3.63) is 29.8 Å². The monoisotopic (exact) mass is 261 g/mol. The van der Waals surface area contributed by atoms with E-state index in [2.05, 4.69) is 11.9 Å². The number of hydrogen-bond donors (Lipinski definition) is 0. The van der Waals surface area contributed by atoms with E-state index in [1.807, 2.05) is 24.3 Å². The minimum absolute atomic E-state index is 0.0553. The van der Waals surface area contributed by atoms with Crippen LogP contribution in [0, 0.1) is 0 Å². The van der Waals surface area contributed by atoms with Crippen LogP contribution in [0.4, 0.5) is 0 Å². The van der Waals surface area contributed by atoms with Gasteiger partial charge in [0.25, 0.3) is 0 Å². The Balaban J connectivity index is 1.83. The fourth-order valence-corrected chi connectivity index (χ4v) is 2.71. The van der Waals surface area contributed by atoms with Crippen LogP contribution < -0.4 is 4.74 Å². The molecule has 104 valence electrons. The molecule has 19 heavy (non-hydrogen) atoms. The van der Waals surface area contributed by atoms with Crippen molar-refractivity contribution in [2.45, 2.75) is 38.6 Å². The molecule has 0 unspecified atom stereocenters. The lowest BCUT2D eigenvalue weighted by Gasteiger charge is -2.24. The Morgan fingerprint density at radius 1 is 1.32 bits per heavy atom. The lowest BCUT2D eigenvalue weighted by Crippen LogP contribution is -2.32. The summed E-state index contributed by atoms with van der Waals surface area (Å²) >= 11 is 0. The summed E-state index contributed by atoms with van der Waals surface area (Å²) in [5.74, 6) is 0.759. The van der Waals surface area contributed by atoms with E-state index in [0.717, 1.165) is 6.54 Å². The molecule has 0 spiro atoms. The number of rotatable bonds is 6. The Hall–Kier alpha value is -1.35. The molecule has 0 aliphatic heterocycles. The largest absolute Gasteiger partial charge is 0.491 e. The molecule has 1 fully saturated rings. The van der Waals surface area contributed by atoms with Crippen molar-refractivity contribution < 1.29 is 9.53 Å². The first-order valence-corrected chi connectivity index (χ1v) is 7.11. The Morgan fingerprint density at radius 3 is 2.68 bits per heavy atom. The predicted molar refractivity (Wildman–Crippen MR) is 76.8 cm³/mol. The molecule has 1 saturated carbocycles. The summed E-state index contributed by atoms with van der Waals surface area (Å²) in [5, 5.41) is 0. The second-order valence-corrected chi connectivity index (χ2v) is 5.32. The van der Waals surface area contributed by atoms with Crippen molar-refractivity contribution in [1.82, 2.24) is 4.90 Å². The summed E-state index contributed by atoms with van der Waals surface area (Å²) in [5.41, 5.74) is 0.672. The molecule has 3 nitrogen and oxygen atoms in total. The first-order chi connectivity index (χ1) is 9.18. The molecule has 1 aromatic carbocycles. The molecule has 0 radical (unpaired) electrons. The van der Waals surface area contributed by atoms with E-state index in [9.17, 15) is 4.79 Å². The molecule has 1 aromatic rings. The maximum absolute atomic E-state index is 11.5. The van der Waals surface area contributed by atoms with Crippen LogP contribution in [0.3, 0.4) is 0 Å². The first-order valence-electron chi connectivity index (χ1n) is 7.11. The Morgan fingerprint density at radius 2 is 2.00 bits per heavy atom. The zero-order valence-electron chi connectivity index (χ0n) is 11.9. The molecule has 0 atom stereocenters. The second kappa shape index (κ2) is 6.71. The van der Waals surface area contributed by atoms with Gasteiger partial charge in [0.15, 0.2) is 5.78 Å². The SMILES string of the molecule is CC(=O)c1ccccc1OCCN(C)C1CCCC1. The average molecular weight is 261 g/mol. The lowest BCUT2D eigenvalue weighted by atomic mass is 10.1. The maximum atomic E-state index is 11.5. The number of nitrogens with zero attached hydrogens (tertiary/aromatic N) is 1. The Bertz CT molecular complexity index is 425. The van der Waals surface area contributed by atoms with E-state index in [0.29, 0.717) is 24.0 Å². The zero-order valence-corrected chi connectivity index (χ0v) is 11.9. The second-order valence-electron chi connectivity index (χ2n) is 5.32. The topological polar surface area (TPSA) is 29.5 Å². The van der Waals surface area contributed by atoms with Gasteiger partial charge in [0, 0.05) is 12.6 Å². The number of carbonyl (C=O) groups is 1. The van der Waals surface area contributed by atoms with Crippen LogP contribution in [-0.4, -0.2) is 36.9 Å². The predicted octanol–water partition coefficient (Wildman–Crippen LogP) is 3.14. The first kappa shape index (κ1) is 14.1. The van der Waals surface area contributed by atoms with Crippen LogP contribution in [0.1, 0.15) is 43.0 Å². The van der Waals surface area contributed by atoms with E-state index < -0.39 is 0 Å². The number of ketones is 1. The number of hydrogen-bond acceptors (Lipinski definition) is 3. The third-order valence-corrected chi connectivity index (χ3v) is 3.92. The highest BCUT2D eigenvalue weighted by Gasteiger charge is 2.19. The van der Waals surface area contributed by atoms with Gasteiger partial charge in [0.1, 0.15) is 12.4 Å². The number of ether oxygens (including phenoxy) is 1. The van der Waals surface area contributed by atoms with Crippen LogP contribution >= 0.6 is 0 Å². The average Bonchev–Trinajstić information content (AvgIpc) is 2.93. The quantitative estimate of drug-likeness (QED) is 0.737. The van der Waals surface area contributed by atoms with Gasteiger partial charge in [-0.15, -0.1) is 0 Å². The van der Waals surface area contributed by atoms with Gasteiger partial charge in [-0.1, -0.05) is 25.0 Å². The minimum Gasteiger partial charge on any atom is -0.491 e. The van der Waals surface area contributed by atoms with Gasteiger partial charge in [-0.25, -0.2) is 0 Å².